The number of carbonyl (C=O) groups is 1. The van der Waals surface area contributed by atoms with Gasteiger partial charge >= 0.3 is 5.97 Å². The molecule has 0 amide bonds. The number of hydrogen-bond acceptors (Lipinski definition) is 6. The van der Waals surface area contributed by atoms with Crippen LogP contribution < -0.4 is 4.74 Å². The fraction of sp³-hybridized carbons (Fsp3) is 0.286. The third-order valence-electron chi connectivity index (χ3n) is 5.42. The highest BCUT2D eigenvalue weighted by molar-refractivity contribution is 8.18. The number of aliphatic hydroxyl groups is 1. The molecule has 6 nitrogen and oxygen atoms in total. The lowest BCUT2D eigenvalue weighted by molar-refractivity contribution is -0.138. The minimum atomic E-state index is -0.590. The topological polar surface area (TPSA) is 73.0 Å². The number of esters is 1. The summed E-state index contributed by atoms with van der Waals surface area (Å²) in [6.07, 6.45) is 4.01. The van der Waals surface area contributed by atoms with Crippen molar-refractivity contribution in [2.24, 2.45) is 10.9 Å². The Morgan fingerprint density at radius 2 is 1.86 bits per heavy atom. The zero-order valence-electron chi connectivity index (χ0n) is 20.4. The van der Waals surface area contributed by atoms with E-state index in [9.17, 15) is 9.90 Å². The van der Waals surface area contributed by atoms with Crippen molar-refractivity contribution in [1.29, 1.82) is 0 Å². The number of hydrogen-bond donors (Lipinski definition) is 1. The third-order valence-corrected chi connectivity index (χ3v) is 6.44. The molecule has 0 bridgehead atoms. The molecule has 2 heterocycles. The van der Waals surface area contributed by atoms with Gasteiger partial charge in [0, 0.05) is 29.2 Å². The molecule has 2 aromatic carbocycles. The Labute approximate surface area is 210 Å². The second kappa shape index (κ2) is 10.9. The molecule has 35 heavy (non-hydrogen) atoms. The minimum Gasteiger partial charge on any atom is -0.506 e. The van der Waals surface area contributed by atoms with Crippen molar-refractivity contribution in [3.8, 4) is 5.75 Å². The highest BCUT2D eigenvalue weighted by atomic mass is 32.2. The van der Waals surface area contributed by atoms with Crippen LogP contribution in [0.25, 0.3) is 17.0 Å². The number of thioether (sulfide) groups is 1. The molecular formula is C28H30N2O4S. The van der Waals surface area contributed by atoms with Gasteiger partial charge in [0.05, 0.1) is 23.8 Å². The maximum Gasteiger partial charge on any atom is 0.344 e. The number of carbonyl (C=O) groups excluding carboxylic acids is 1. The van der Waals surface area contributed by atoms with E-state index < -0.39 is 5.97 Å². The van der Waals surface area contributed by atoms with Crippen molar-refractivity contribution in [1.82, 2.24) is 4.57 Å². The number of aliphatic imine (C=N–C) groups is 1. The summed E-state index contributed by atoms with van der Waals surface area (Å²) in [4.78, 5) is 18.0. The van der Waals surface area contributed by atoms with Crippen molar-refractivity contribution in [2.75, 3.05) is 13.2 Å². The van der Waals surface area contributed by atoms with Crippen molar-refractivity contribution in [3.63, 3.8) is 0 Å². The van der Waals surface area contributed by atoms with E-state index in [1.165, 1.54) is 11.8 Å². The number of para-hydroxylation sites is 1. The summed E-state index contributed by atoms with van der Waals surface area (Å²) >= 11 is 1.26. The summed E-state index contributed by atoms with van der Waals surface area (Å²) < 4.78 is 13.0. The lowest BCUT2D eigenvalue weighted by Gasteiger charge is -2.07. The first-order chi connectivity index (χ1) is 16.9. The molecule has 1 aliphatic heterocycles. The summed E-state index contributed by atoms with van der Waals surface area (Å²) in [7, 11) is 0. The summed E-state index contributed by atoms with van der Waals surface area (Å²) in [5, 5.41) is 12.6. The standard InChI is InChI=1S/C28H30N2O4S/c1-5-33-21-13-11-20(12-14-21)29-27-25(28(32)34-6-2)26(31)24(35-27)15-19-17-30(16-18(3)4)23-10-8-7-9-22(19)23/h7-15,17-18,31H,5-6,16H2,1-4H3/b24-15-,29-27?. The Kier molecular flexibility index (Phi) is 7.66. The molecule has 3 aromatic rings. The summed E-state index contributed by atoms with van der Waals surface area (Å²) in [5.74, 6) is 0.535. The van der Waals surface area contributed by atoms with E-state index in [1.807, 2.05) is 49.4 Å². The average Bonchev–Trinajstić information content (AvgIpc) is 3.32. The molecule has 0 radical (unpaired) electrons. The maximum atomic E-state index is 12.7. The fourth-order valence-corrected chi connectivity index (χ4v) is 4.99. The first kappa shape index (κ1) is 24.7. The zero-order valence-corrected chi connectivity index (χ0v) is 21.3. The highest BCUT2D eigenvalue weighted by Gasteiger charge is 2.33. The zero-order chi connectivity index (χ0) is 24.9. The number of fused-ring (bicyclic) bond motifs is 1. The molecule has 1 N–H and O–H groups in total. The SMILES string of the molecule is CCOC(=O)C1=C(O)/C(=C/c2cn(CC(C)C)c3ccccc23)SC1=Nc1ccc(OCC)cc1. The number of rotatable bonds is 8. The van der Waals surface area contributed by atoms with Crippen LogP contribution in [0.3, 0.4) is 0 Å². The van der Waals surface area contributed by atoms with Crippen LogP contribution in [0.2, 0.25) is 0 Å². The molecule has 7 heteroatoms. The van der Waals surface area contributed by atoms with Crippen molar-refractivity contribution in [3.05, 3.63) is 76.5 Å². The largest absolute Gasteiger partial charge is 0.506 e. The van der Waals surface area contributed by atoms with Gasteiger partial charge in [0.2, 0.25) is 0 Å². The molecule has 0 aliphatic carbocycles. The van der Waals surface area contributed by atoms with Crippen LogP contribution in [0, 0.1) is 5.92 Å². The quantitative estimate of drug-likeness (QED) is 0.348. The summed E-state index contributed by atoms with van der Waals surface area (Å²) in [6.45, 7) is 9.70. The van der Waals surface area contributed by atoms with Gasteiger partial charge in [-0.05, 0) is 56.2 Å². The highest BCUT2D eigenvalue weighted by Crippen LogP contribution is 2.41. The maximum absolute atomic E-state index is 12.7. The van der Waals surface area contributed by atoms with Crippen molar-refractivity contribution >= 4 is 45.4 Å². The van der Waals surface area contributed by atoms with Gasteiger partial charge in [-0.1, -0.05) is 43.8 Å². The summed E-state index contributed by atoms with van der Waals surface area (Å²) in [5.41, 5.74) is 2.84. The van der Waals surface area contributed by atoms with Gasteiger partial charge in [-0.25, -0.2) is 9.79 Å². The van der Waals surface area contributed by atoms with E-state index in [1.54, 1.807) is 6.92 Å². The van der Waals surface area contributed by atoms with Crippen LogP contribution in [0.5, 0.6) is 5.75 Å². The molecular weight excluding hydrogens is 460 g/mol. The predicted octanol–water partition coefficient (Wildman–Crippen LogP) is 6.89. The van der Waals surface area contributed by atoms with E-state index in [0.717, 1.165) is 28.8 Å². The van der Waals surface area contributed by atoms with Gasteiger partial charge in [-0.2, -0.15) is 0 Å². The lowest BCUT2D eigenvalue weighted by atomic mass is 10.1. The fourth-order valence-electron chi connectivity index (χ4n) is 3.97. The number of nitrogens with zero attached hydrogens (tertiary/aromatic N) is 2. The Morgan fingerprint density at radius 1 is 1.11 bits per heavy atom. The van der Waals surface area contributed by atoms with Crippen LogP contribution in [-0.2, 0) is 16.1 Å². The molecule has 0 atom stereocenters. The second-order valence-electron chi connectivity index (χ2n) is 8.55. The Morgan fingerprint density at radius 3 is 2.54 bits per heavy atom. The van der Waals surface area contributed by atoms with Gasteiger partial charge in [-0.3, -0.25) is 0 Å². The Bertz CT molecular complexity index is 1320. The van der Waals surface area contributed by atoms with Crippen LogP contribution >= 0.6 is 11.8 Å². The van der Waals surface area contributed by atoms with E-state index in [4.69, 9.17) is 9.47 Å². The molecule has 182 valence electrons. The number of ether oxygens (including phenoxy) is 2. The molecule has 0 fully saturated rings. The third kappa shape index (κ3) is 5.46. The van der Waals surface area contributed by atoms with E-state index in [0.29, 0.717) is 28.2 Å². The Balaban J connectivity index is 1.76. The number of benzene rings is 2. The minimum absolute atomic E-state index is 0.0860. The van der Waals surface area contributed by atoms with E-state index in [2.05, 4.69) is 41.7 Å². The Hall–Kier alpha value is -3.45. The van der Waals surface area contributed by atoms with Gasteiger partial charge in [-0.15, -0.1) is 0 Å². The number of aliphatic hydroxyl groups excluding tert-OH is 1. The first-order valence-electron chi connectivity index (χ1n) is 11.8. The second-order valence-corrected chi connectivity index (χ2v) is 9.58. The number of aromatic nitrogens is 1. The summed E-state index contributed by atoms with van der Waals surface area (Å²) in [6, 6.07) is 15.5. The van der Waals surface area contributed by atoms with E-state index >= 15 is 0 Å². The average molecular weight is 491 g/mol. The molecule has 1 aromatic heterocycles. The smallest absolute Gasteiger partial charge is 0.344 e. The van der Waals surface area contributed by atoms with Gasteiger partial charge < -0.3 is 19.1 Å². The van der Waals surface area contributed by atoms with Crippen LogP contribution in [0.4, 0.5) is 5.69 Å². The van der Waals surface area contributed by atoms with Gasteiger partial charge in [0.15, 0.2) is 0 Å². The van der Waals surface area contributed by atoms with Crippen LogP contribution in [0.15, 0.2) is 76.0 Å². The van der Waals surface area contributed by atoms with Crippen LogP contribution in [0.1, 0.15) is 33.3 Å². The van der Waals surface area contributed by atoms with Crippen molar-refractivity contribution in [2.45, 2.75) is 34.2 Å². The van der Waals surface area contributed by atoms with Gasteiger partial charge in [0.1, 0.15) is 22.1 Å². The molecule has 0 spiro atoms. The molecule has 1 aliphatic rings. The molecule has 0 unspecified atom stereocenters. The van der Waals surface area contributed by atoms with Crippen LogP contribution in [-0.4, -0.2) is 33.9 Å². The monoisotopic (exact) mass is 490 g/mol. The molecule has 0 saturated carbocycles. The normalized spacial score (nSPS) is 16.1. The van der Waals surface area contributed by atoms with Crippen molar-refractivity contribution < 1.29 is 19.4 Å². The molecule has 0 saturated heterocycles. The lowest BCUT2D eigenvalue weighted by Crippen LogP contribution is -2.12. The van der Waals surface area contributed by atoms with Gasteiger partial charge in [0.25, 0.3) is 0 Å². The first-order valence-corrected chi connectivity index (χ1v) is 12.6. The predicted molar refractivity (Wildman–Crippen MR) is 143 cm³/mol. The van der Waals surface area contributed by atoms with E-state index in [-0.39, 0.29) is 17.9 Å². The molecule has 4 rings (SSSR count).